The average molecular weight is 346 g/mol. The number of nitrogens with zero attached hydrogens (tertiary/aromatic N) is 1. The van der Waals surface area contributed by atoms with Crippen LogP contribution in [0.2, 0.25) is 0 Å². The van der Waals surface area contributed by atoms with Gasteiger partial charge < -0.3 is 5.32 Å². The molecule has 25 heavy (non-hydrogen) atoms. The lowest BCUT2D eigenvalue weighted by atomic mass is 9.97. The molecule has 1 N–H and O–H groups in total. The summed E-state index contributed by atoms with van der Waals surface area (Å²) < 4.78 is 39.3. The highest BCUT2D eigenvalue weighted by atomic mass is 19.4. The van der Waals surface area contributed by atoms with Crippen LogP contribution in [0.5, 0.6) is 0 Å². The molecule has 0 saturated carbocycles. The van der Waals surface area contributed by atoms with Gasteiger partial charge in [-0.25, -0.2) is 0 Å². The van der Waals surface area contributed by atoms with E-state index in [1.807, 2.05) is 30.3 Å². The standard InChI is InChI=1S/C20H21F3N2/c21-20(22,23)17-11-7-10-16(14-17)19(15-8-3-1-4-9-15)25-18-12-5-2-6-13-24-18/h1,3-4,7-11,14,19H,2,5-6,12-13H2,(H,24,25). The molecule has 0 amide bonds. The smallest absolute Gasteiger partial charge is 0.374 e. The Bertz CT molecular complexity index is 713. The number of benzene rings is 2. The van der Waals surface area contributed by atoms with Crippen LogP contribution in [-0.2, 0) is 6.18 Å². The second kappa shape index (κ2) is 7.72. The number of rotatable bonds is 3. The minimum atomic E-state index is -4.36. The van der Waals surface area contributed by atoms with Gasteiger partial charge in [-0.3, -0.25) is 4.99 Å². The third kappa shape index (κ3) is 4.62. The number of amidine groups is 1. The van der Waals surface area contributed by atoms with Crippen LogP contribution in [0.3, 0.4) is 0 Å². The summed E-state index contributed by atoms with van der Waals surface area (Å²) in [5, 5.41) is 3.32. The van der Waals surface area contributed by atoms with Crippen LogP contribution >= 0.6 is 0 Å². The van der Waals surface area contributed by atoms with E-state index < -0.39 is 17.8 Å². The fourth-order valence-electron chi connectivity index (χ4n) is 3.04. The van der Waals surface area contributed by atoms with Crippen molar-refractivity contribution in [2.45, 2.75) is 37.9 Å². The first kappa shape index (κ1) is 17.5. The van der Waals surface area contributed by atoms with Crippen LogP contribution < -0.4 is 5.32 Å². The van der Waals surface area contributed by atoms with Gasteiger partial charge in [0.15, 0.2) is 0 Å². The van der Waals surface area contributed by atoms with E-state index in [1.165, 1.54) is 12.1 Å². The SMILES string of the molecule is FC(F)(F)c1cccc(C(/N=C2\CCCCCN2)c2ccccc2)c1. The van der Waals surface area contributed by atoms with Crippen LogP contribution in [0.25, 0.3) is 0 Å². The first-order valence-corrected chi connectivity index (χ1v) is 8.57. The number of aliphatic imine (C=N–C) groups is 1. The zero-order valence-corrected chi connectivity index (χ0v) is 13.9. The summed E-state index contributed by atoms with van der Waals surface area (Å²) in [6, 6.07) is 14.5. The predicted molar refractivity (Wildman–Crippen MR) is 93.6 cm³/mol. The summed E-state index contributed by atoms with van der Waals surface area (Å²) in [6.07, 6.45) is -0.229. The number of halogens is 3. The van der Waals surface area contributed by atoms with Crippen molar-refractivity contribution in [3.05, 3.63) is 71.3 Å². The minimum absolute atomic E-state index is 0.441. The Balaban J connectivity index is 2.01. The van der Waals surface area contributed by atoms with E-state index in [0.717, 1.165) is 49.7 Å². The van der Waals surface area contributed by atoms with Crippen molar-refractivity contribution in [1.82, 2.24) is 5.32 Å². The van der Waals surface area contributed by atoms with E-state index in [2.05, 4.69) is 5.32 Å². The van der Waals surface area contributed by atoms with Gasteiger partial charge in [0.2, 0.25) is 0 Å². The maximum absolute atomic E-state index is 13.1. The zero-order chi connectivity index (χ0) is 17.7. The van der Waals surface area contributed by atoms with Crippen molar-refractivity contribution < 1.29 is 13.2 Å². The molecule has 0 spiro atoms. The number of nitrogens with one attached hydrogen (secondary N) is 1. The lowest BCUT2D eigenvalue weighted by molar-refractivity contribution is -0.137. The Kier molecular flexibility index (Phi) is 5.41. The lowest BCUT2D eigenvalue weighted by Gasteiger charge is -2.18. The molecule has 0 bridgehead atoms. The Morgan fingerprint density at radius 2 is 1.64 bits per heavy atom. The lowest BCUT2D eigenvalue weighted by Crippen LogP contribution is -2.23. The van der Waals surface area contributed by atoms with Crippen molar-refractivity contribution in [2.24, 2.45) is 4.99 Å². The molecule has 1 saturated heterocycles. The van der Waals surface area contributed by atoms with Crippen LogP contribution in [0.4, 0.5) is 13.2 Å². The van der Waals surface area contributed by atoms with Gasteiger partial charge >= 0.3 is 6.18 Å². The Morgan fingerprint density at radius 3 is 2.40 bits per heavy atom. The Hall–Kier alpha value is -2.30. The maximum Gasteiger partial charge on any atom is 0.416 e. The third-order valence-corrected chi connectivity index (χ3v) is 4.35. The number of alkyl halides is 3. The molecule has 0 aliphatic carbocycles. The van der Waals surface area contributed by atoms with E-state index >= 15 is 0 Å². The van der Waals surface area contributed by atoms with Gasteiger partial charge in [-0.15, -0.1) is 0 Å². The van der Waals surface area contributed by atoms with E-state index in [4.69, 9.17) is 4.99 Å². The van der Waals surface area contributed by atoms with Crippen molar-refractivity contribution in [2.75, 3.05) is 6.54 Å². The quantitative estimate of drug-likeness (QED) is 0.795. The first-order valence-electron chi connectivity index (χ1n) is 8.57. The van der Waals surface area contributed by atoms with Crippen molar-refractivity contribution in [3.8, 4) is 0 Å². The average Bonchev–Trinajstić information content (AvgIpc) is 2.88. The Labute approximate surface area is 145 Å². The van der Waals surface area contributed by atoms with Gasteiger partial charge in [0, 0.05) is 13.0 Å². The minimum Gasteiger partial charge on any atom is -0.374 e. The molecule has 3 rings (SSSR count). The highest BCUT2D eigenvalue weighted by molar-refractivity contribution is 5.82. The summed E-state index contributed by atoms with van der Waals surface area (Å²) in [6.45, 7) is 0.864. The molecule has 1 unspecified atom stereocenters. The molecule has 1 atom stereocenters. The monoisotopic (exact) mass is 346 g/mol. The largest absolute Gasteiger partial charge is 0.416 e. The van der Waals surface area contributed by atoms with Crippen molar-refractivity contribution >= 4 is 5.84 Å². The van der Waals surface area contributed by atoms with E-state index in [1.54, 1.807) is 6.07 Å². The second-order valence-corrected chi connectivity index (χ2v) is 6.25. The molecular weight excluding hydrogens is 325 g/mol. The van der Waals surface area contributed by atoms with Crippen molar-refractivity contribution in [3.63, 3.8) is 0 Å². The molecule has 0 radical (unpaired) electrons. The van der Waals surface area contributed by atoms with Gasteiger partial charge in [0.1, 0.15) is 6.04 Å². The summed E-state index contributed by atoms with van der Waals surface area (Å²) in [4.78, 5) is 4.80. The highest BCUT2D eigenvalue weighted by Crippen LogP contribution is 2.33. The van der Waals surface area contributed by atoms with Gasteiger partial charge in [-0.1, -0.05) is 48.9 Å². The molecule has 2 aromatic rings. The van der Waals surface area contributed by atoms with E-state index in [9.17, 15) is 13.2 Å². The summed E-state index contributed by atoms with van der Waals surface area (Å²) in [5.41, 5.74) is 0.805. The van der Waals surface area contributed by atoms with Crippen LogP contribution in [0, 0.1) is 0 Å². The molecule has 0 aromatic heterocycles. The molecule has 132 valence electrons. The molecule has 1 aliphatic heterocycles. The summed E-state index contributed by atoms with van der Waals surface area (Å²) in [7, 11) is 0. The summed E-state index contributed by atoms with van der Waals surface area (Å²) in [5.74, 6) is 0.878. The fourth-order valence-corrected chi connectivity index (χ4v) is 3.04. The fraction of sp³-hybridized carbons (Fsp3) is 0.350. The maximum atomic E-state index is 13.1. The molecule has 2 nitrogen and oxygen atoms in total. The Morgan fingerprint density at radius 1 is 0.880 bits per heavy atom. The molecule has 2 aromatic carbocycles. The van der Waals surface area contributed by atoms with Gasteiger partial charge in [0.25, 0.3) is 0 Å². The van der Waals surface area contributed by atoms with E-state index in [0.29, 0.717) is 5.56 Å². The summed E-state index contributed by atoms with van der Waals surface area (Å²) >= 11 is 0. The van der Waals surface area contributed by atoms with Crippen LogP contribution in [0.15, 0.2) is 59.6 Å². The van der Waals surface area contributed by atoms with Gasteiger partial charge in [0.05, 0.1) is 11.4 Å². The van der Waals surface area contributed by atoms with Gasteiger partial charge in [-0.05, 0) is 36.1 Å². The van der Waals surface area contributed by atoms with E-state index in [-0.39, 0.29) is 0 Å². The van der Waals surface area contributed by atoms with Crippen molar-refractivity contribution in [1.29, 1.82) is 0 Å². The van der Waals surface area contributed by atoms with Crippen LogP contribution in [-0.4, -0.2) is 12.4 Å². The first-order chi connectivity index (χ1) is 12.0. The van der Waals surface area contributed by atoms with Gasteiger partial charge in [-0.2, -0.15) is 13.2 Å². The zero-order valence-electron chi connectivity index (χ0n) is 13.9. The normalized spacial score (nSPS) is 18.4. The molecular formula is C20H21F3N2. The predicted octanol–water partition coefficient (Wildman–Crippen LogP) is 5.36. The number of hydrogen-bond donors (Lipinski definition) is 1. The molecule has 1 fully saturated rings. The molecule has 1 heterocycles. The molecule has 5 heteroatoms. The third-order valence-electron chi connectivity index (χ3n) is 4.35. The van der Waals surface area contributed by atoms with Crippen LogP contribution in [0.1, 0.15) is 48.4 Å². The second-order valence-electron chi connectivity index (χ2n) is 6.25. The number of hydrogen-bond acceptors (Lipinski definition) is 1. The topological polar surface area (TPSA) is 24.4 Å². The molecule has 1 aliphatic rings. The highest BCUT2D eigenvalue weighted by Gasteiger charge is 2.31.